The summed E-state index contributed by atoms with van der Waals surface area (Å²) in [5.74, 6) is 0. The standard InChI is InChI=1S/C17H28N2O2/c1-5-6-8-13-15(14-11-9-7-10-12-14)18-19-16(20)21-17(2,3)4/h7,9-12,15,18H,5-6,8,13H2,1-4H3,(H,19,20). The molecular formula is C17H28N2O2. The number of amides is 1. The van der Waals surface area contributed by atoms with Crippen molar-refractivity contribution in [1.82, 2.24) is 10.9 Å². The second-order valence-corrected chi connectivity index (χ2v) is 6.23. The number of benzene rings is 1. The van der Waals surface area contributed by atoms with E-state index >= 15 is 0 Å². The molecule has 21 heavy (non-hydrogen) atoms. The summed E-state index contributed by atoms with van der Waals surface area (Å²) >= 11 is 0. The van der Waals surface area contributed by atoms with Crippen LogP contribution in [0.4, 0.5) is 4.79 Å². The van der Waals surface area contributed by atoms with Crippen LogP contribution in [0.5, 0.6) is 0 Å². The van der Waals surface area contributed by atoms with E-state index in [0.29, 0.717) is 0 Å². The zero-order chi connectivity index (χ0) is 15.7. The Kier molecular flexibility index (Phi) is 7.23. The van der Waals surface area contributed by atoms with E-state index in [0.717, 1.165) is 12.8 Å². The quantitative estimate of drug-likeness (QED) is 0.580. The summed E-state index contributed by atoms with van der Waals surface area (Å²) in [6.07, 6.45) is 4.03. The molecule has 0 saturated heterocycles. The third-order valence-corrected chi connectivity index (χ3v) is 3.05. The van der Waals surface area contributed by atoms with Crippen LogP contribution in [0.2, 0.25) is 0 Å². The number of hydrogen-bond acceptors (Lipinski definition) is 3. The Hall–Kier alpha value is -1.55. The topological polar surface area (TPSA) is 50.4 Å². The molecule has 0 radical (unpaired) electrons. The first-order chi connectivity index (χ1) is 9.92. The Bertz CT molecular complexity index is 413. The van der Waals surface area contributed by atoms with Gasteiger partial charge in [-0.15, -0.1) is 0 Å². The fraction of sp³-hybridized carbons (Fsp3) is 0.588. The van der Waals surface area contributed by atoms with Gasteiger partial charge >= 0.3 is 6.09 Å². The smallest absolute Gasteiger partial charge is 0.422 e. The van der Waals surface area contributed by atoms with Crippen LogP contribution in [-0.2, 0) is 4.74 Å². The van der Waals surface area contributed by atoms with Gasteiger partial charge in [0.1, 0.15) is 5.60 Å². The van der Waals surface area contributed by atoms with E-state index in [2.05, 4.69) is 29.9 Å². The van der Waals surface area contributed by atoms with Gasteiger partial charge in [0.25, 0.3) is 0 Å². The molecule has 1 aromatic carbocycles. The van der Waals surface area contributed by atoms with Crippen LogP contribution < -0.4 is 10.9 Å². The van der Waals surface area contributed by atoms with E-state index < -0.39 is 11.7 Å². The third kappa shape index (κ3) is 7.71. The fourth-order valence-electron chi connectivity index (χ4n) is 2.06. The molecule has 0 heterocycles. The Morgan fingerprint density at radius 1 is 1.19 bits per heavy atom. The molecule has 0 fully saturated rings. The SMILES string of the molecule is CCCCCC(NNC(=O)OC(C)(C)C)c1ccccc1. The fourth-order valence-corrected chi connectivity index (χ4v) is 2.06. The van der Waals surface area contributed by atoms with Crippen LogP contribution in [0.1, 0.15) is 65.0 Å². The Balaban J connectivity index is 2.55. The van der Waals surface area contributed by atoms with E-state index in [1.807, 2.05) is 39.0 Å². The molecule has 4 nitrogen and oxygen atoms in total. The van der Waals surface area contributed by atoms with Crippen molar-refractivity contribution in [2.75, 3.05) is 0 Å². The van der Waals surface area contributed by atoms with E-state index in [1.54, 1.807) is 0 Å². The molecule has 0 bridgehead atoms. The molecule has 4 heteroatoms. The zero-order valence-corrected chi connectivity index (χ0v) is 13.6. The van der Waals surface area contributed by atoms with Crippen LogP contribution in [-0.4, -0.2) is 11.7 Å². The minimum absolute atomic E-state index is 0.102. The highest BCUT2D eigenvalue weighted by Crippen LogP contribution is 2.19. The van der Waals surface area contributed by atoms with E-state index in [1.165, 1.54) is 18.4 Å². The molecular weight excluding hydrogens is 264 g/mol. The molecule has 0 aliphatic rings. The highest BCUT2D eigenvalue weighted by Gasteiger charge is 2.17. The molecule has 0 aliphatic carbocycles. The second kappa shape index (κ2) is 8.67. The zero-order valence-electron chi connectivity index (χ0n) is 13.6. The first-order valence-corrected chi connectivity index (χ1v) is 7.72. The van der Waals surface area contributed by atoms with Crippen molar-refractivity contribution in [2.24, 2.45) is 0 Å². The van der Waals surface area contributed by atoms with Gasteiger partial charge in [-0.25, -0.2) is 10.2 Å². The summed E-state index contributed by atoms with van der Waals surface area (Å²) in [7, 11) is 0. The van der Waals surface area contributed by atoms with Crippen molar-refractivity contribution >= 4 is 6.09 Å². The number of carbonyl (C=O) groups excluding carboxylic acids is 1. The molecule has 1 aromatic rings. The van der Waals surface area contributed by atoms with Crippen LogP contribution in [0.15, 0.2) is 30.3 Å². The number of ether oxygens (including phenoxy) is 1. The van der Waals surface area contributed by atoms with Crippen molar-refractivity contribution < 1.29 is 9.53 Å². The van der Waals surface area contributed by atoms with Crippen molar-refractivity contribution in [3.05, 3.63) is 35.9 Å². The van der Waals surface area contributed by atoms with Gasteiger partial charge in [-0.3, -0.25) is 5.43 Å². The monoisotopic (exact) mass is 292 g/mol. The van der Waals surface area contributed by atoms with Gasteiger partial charge < -0.3 is 4.74 Å². The molecule has 2 N–H and O–H groups in total. The van der Waals surface area contributed by atoms with Crippen molar-refractivity contribution in [3.8, 4) is 0 Å². The first kappa shape index (κ1) is 17.5. The van der Waals surface area contributed by atoms with Crippen molar-refractivity contribution in [3.63, 3.8) is 0 Å². The molecule has 1 unspecified atom stereocenters. The van der Waals surface area contributed by atoms with Gasteiger partial charge in [-0.2, -0.15) is 0 Å². The Morgan fingerprint density at radius 2 is 1.86 bits per heavy atom. The molecule has 0 saturated carbocycles. The Labute approximate surface area is 128 Å². The lowest BCUT2D eigenvalue weighted by molar-refractivity contribution is 0.0486. The van der Waals surface area contributed by atoms with Crippen LogP contribution >= 0.6 is 0 Å². The summed E-state index contributed by atoms with van der Waals surface area (Å²) in [5.41, 5.74) is 6.43. The molecule has 1 atom stereocenters. The van der Waals surface area contributed by atoms with E-state index in [4.69, 9.17) is 4.74 Å². The van der Waals surface area contributed by atoms with Gasteiger partial charge in [0.15, 0.2) is 0 Å². The second-order valence-electron chi connectivity index (χ2n) is 6.23. The predicted octanol–water partition coefficient (Wildman–Crippen LogP) is 4.34. The molecule has 0 aromatic heterocycles. The van der Waals surface area contributed by atoms with Gasteiger partial charge in [0.2, 0.25) is 0 Å². The molecule has 1 amide bonds. The normalized spacial score (nSPS) is 12.8. The number of hydrazine groups is 1. The summed E-state index contributed by atoms with van der Waals surface area (Å²) in [6, 6.07) is 10.3. The summed E-state index contributed by atoms with van der Waals surface area (Å²) in [5, 5.41) is 0. The number of hydrogen-bond donors (Lipinski definition) is 2. The first-order valence-electron chi connectivity index (χ1n) is 7.72. The van der Waals surface area contributed by atoms with Crippen LogP contribution in [0.3, 0.4) is 0 Å². The van der Waals surface area contributed by atoms with E-state index in [9.17, 15) is 4.79 Å². The maximum Gasteiger partial charge on any atom is 0.422 e. The number of unbranched alkanes of at least 4 members (excludes halogenated alkanes) is 2. The number of carbonyl (C=O) groups is 1. The van der Waals surface area contributed by atoms with Gasteiger partial charge in [0.05, 0.1) is 6.04 Å². The van der Waals surface area contributed by atoms with Gasteiger partial charge in [-0.05, 0) is 32.8 Å². The average molecular weight is 292 g/mol. The number of nitrogens with one attached hydrogen (secondary N) is 2. The predicted molar refractivity (Wildman–Crippen MR) is 85.8 cm³/mol. The van der Waals surface area contributed by atoms with Crippen LogP contribution in [0.25, 0.3) is 0 Å². The highest BCUT2D eigenvalue weighted by molar-refractivity contribution is 5.67. The van der Waals surface area contributed by atoms with Crippen LogP contribution in [0, 0.1) is 0 Å². The average Bonchev–Trinajstić information content (AvgIpc) is 2.41. The summed E-state index contributed by atoms with van der Waals surface area (Å²) in [6.45, 7) is 7.73. The lowest BCUT2D eigenvalue weighted by Crippen LogP contribution is -2.43. The lowest BCUT2D eigenvalue weighted by Gasteiger charge is -2.23. The van der Waals surface area contributed by atoms with Crippen molar-refractivity contribution in [1.29, 1.82) is 0 Å². The maximum absolute atomic E-state index is 11.7. The van der Waals surface area contributed by atoms with Gasteiger partial charge in [-0.1, -0.05) is 56.5 Å². The minimum atomic E-state index is -0.490. The molecule has 1 rings (SSSR count). The summed E-state index contributed by atoms with van der Waals surface area (Å²) in [4.78, 5) is 11.7. The third-order valence-electron chi connectivity index (χ3n) is 3.05. The maximum atomic E-state index is 11.7. The Morgan fingerprint density at radius 3 is 2.43 bits per heavy atom. The van der Waals surface area contributed by atoms with E-state index in [-0.39, 0.29) is 6.04 Å². The van der Waals surface area contributed by atoms with Gasteiger partial charge in [0, 0.05) is 0 Å². The van der Waals surface area contributed by atoms with Crippen molar-refractivity contribution in [2.45, 2.75) is 65.0 Å². The largest absolute Gasteiger partial charge is 0.443 e. The highest BCUT2D eigenvalue weighted by atomic mass is 16.6. The lowest BCUT2D eigenvalue weighted by atomic mass is 10.0. The summed E-state index contributed by atoms with van der Waals surface area (Å²) < 4.78 is 5.24. The molecule has 0 spiro atoms. The molecule has 0 aliphatic heterocycles. The minimum Gasteiger partial charge on any atom is -0.443 e. The molecule has 118 valence electrons. The number of rotatable bonds is 7.